The second-order valence-corrected chi connectivity index (χ2v) is 6.43. The normalized spacial score (nSPS) is 19.4. The number of aryl methyl sites for hydroxylation is 2. The summed E-state index contributed by atoms with van der Waals surface area (Å²) in [5, 5.41) is 9.24. The standard InChI is InChI=1S/C14H19N3OS/c15-13(16)11-8-9-2-1-3-12(9)17-14(11)19-10-4-6-18-7-5-10/h8,10H,1-7H2,(H3,15,16). The maximum atomic E-state index is 7.76. The fourth-order valence-corrected chi connectivity index (χ4v) is 3.89. The van der Waals surface area contributed by atoms with Gasteiger partial charge < -0.3 is 10.5 Å². The van der Waals surface area contributed by atoms with Crippen molar-refractivity contribution >= 4 is 17.6 Å². The van der Waals surface area contributed by atoms with E-state index in [1.165, 1.54) is 17.7 Å². The molecular formula is C14H19N3OS. The number of nitrogens with zero attached hydrogens (tertiary/aromatic N) is 1. The molecule has 2 aliphatic rings. The molecule has 1 saturated heterocycles. The first-order chi connectivity index (χ1) is 9.24. The molecular weight excluding hydrogens is 258 g/mol. The molecule has 3 rings (SSSR count). The van der Waals surface area contributed by atoms with E-state index in [9.17, 15) is 0 Å². The van der Waals surface area contributed by atoms with Crippen LogP contribution in [0.2, 0.25) is 0 Å². The Morgan fingerprint density at radius 2 is 2.16 bits per heavy atom. The summed E-state index contributed by atoms with van der Waals surface area (Å²) in [7, 11) is 0. The molecule has 0 radical (unpaired) electrons. The van der Waals surface area contributed by atoms with Gasteiger partial charge >= 0.3 is 0 Å². The van der Waals surface area contributed by atoms with Crippen LogP contribution in [-0.4, -0.2) is 29.3 Å². The predicted molar refractivity (Wildman–Crippen MR) is 77.0 cm³/mol. The summed E-state index contributed by atoms with van der Waals surface area (Å²) in [4.78, 5) is 4.77. The second kappa shape index (κ2) is 5.51. The average molecular weight is 277 g/mol. The van der Waals surface area contributed by atoms with E-state index in [4.69, 9.17) is 20.9 Å². The van der Waals surface area contributed by atoms with Gasteiger partial charge in [0, 0.05) is 29.7 Å². The minimum atomic E-state index is 0.136. The Hall–Kier alpha value is -1.07. The molecule has 1 aliphatic heterocycles. The number of thioether (sulfide) groups is 1. The number of hydrogen-bond donors (Lipinski definition) is 2. The number of hydrogen-bond acceptors (Lipinski definition) is 4. The minimum absolute atomic E-state index is 0.136. The van der Waals surface area contributed by atoms with Crippen LogP contribution < -0.4 is 5.73 Å². The Labute approximate surface area is 117 Å². The SMILES string of the molecule is N=C(N)c1cc2c(nc1SC1CCOCC1)CCC2. The number of aromatic nitrogens is 1. The highest BCUT2D eigenvalue weighted by Gasteiger charge is 2.22. The third-order valence-electron chi connectivity index (χ3n) is 3.75. The molecule has 0 atom stereocenters. The van der Waals surface area contributed by atoms with Gasteiger partial charge in [-0.3, -0.25) is 5.41 Å². The van der Waals surface area contributed by atoms with Crippen molar-refractivity contribution in [2.45, 2.75) is 42.4 Å². The van der Waals surface area contributed by atoms with Gasteiger partial charge in [0.1, 0.15) is 10.9 Å². The molecule has 3 N–H and O–H groups in total. The van der Waals surface area contributed by atoms with Crippen LogP contribution in [-0.2, 0) is 17.6 Å². The van der Waals surface area contributed by atoms with E-state index in [0.717, 1.165) is 49.5 Å². The molecule has 0 unspecified atom stereocenters. The Kier molecular flexibility index (Phi) is 3.75. The van der Waals surface area contributed by atoms with Crippen LogP contribution >= 0.6 is 11.8 Å². The second-order valence-electron chi connectivity index (χ2n) is 5.14. The number of nitrogens with two attached hydrogens (primary N) is 1. The van der Waals surface area contributed by atoms with Gasteiger partial charge in [-0.1, -0.05) is 0 Å². The molecule has 4 nitrogen and oxygen atoms in total. The molecule has 0 saturated carbocycles. The van der Waals surface area contributed by atoms with E-state index < -0.39 is 0 Å². The lowest BCUT2D eigenvalue weighted by molar-refractivity contribution is 0.1000. The van der Waals surface area contributed by atoms with Crippen LogP contribution in [0.3, 0.4) is 0 Å². The highest BCUT2D eigenvalue weighted by molar-refractivity contribution is 7.99. The van der Waals surface area contributed by atoms with E-state index in [0.29, 0.717) is 5.25 Å². The fourth-order valence-electron chi connectivity index (χ4n) is 2.69. The average Bonchev–Trinajstić information content (AvgIpc) is 2.86. The minimum Gasteiger partial charge on any atom is -0.384 e. The van der Waals surface area contributed by atoms with Crippen molar-refractivity contribution in [3.8, 4) is 0 Å². The summed E-state index contributed by atoms with van der Waals surface area (Å²) < 4.78 is 5.39. The van der Waals surface area contributed by atoms with E-state index >= 15 is 0 Å². The molecule has 1 fully saturated rings. The maximum Gasteiger partial charge on any atom is 0.125 e. The van der Waals surface area contributed by atoms with Crippen LogP contribution in [0.5, 0.6) is 0 Å². The van der Waals surface area contributed by atoms with Crippen molar-refractivity contribution in [2.24, 2.45) is 5.73 Å². The lowest BCUT2D eigenvalue weighted by atomic mass is 10.1. The zero-order valence-corrected chi connectivity index (χ0v) is 11.8. The largest absolute Gasteiger partial charge is 0.384 e. The van der Waals surface area contributed by atoms with Gasteiger partial charge in [-0.2, -0.15) is 0 Å². The number of amidine groups is 1. The van der Waals surface area contributed by atoms with E-state index in [1.54, 1.807) is 11.8 Å². The molecule has 102 valence electrons. The Bertz CT molecular complexity index is 498. The first-order valence-corrected chi connectivity index (χ1v) is 7.73. The molecule has 19 heavy (non-hydrogen) atoms. The highest BCUT2D eigenvalue weighted by atomic mass is 32.2. The van der Waals surface area contributed by atoms with Crippen LogP contribution in [0.25, 0.3) is 0 Å². The van der Waals surface area contributed by atoms with Crippen LogP contribution in [0.1, 0.15) is 36.1 Å². The molecule has 1 aliphatic carbocycles. The van der Waals surface area contributed by atoms with Crippen molar-refractivity contribution in [2.75, 3.05) is 13.2 Å². The van der Waals surface area contributed by atoms with Gasteiger partial charge in [0.2, 0.25) is 0 Å². The Balaban J connectivity index is 1.87. The summed E-state index contributed by atoms with van der Waals surface area (Å²) >= 11 is 1.77. The van der Waals surface area contributed by atoms with Crippen LogP contribution in [0.15, 0.2) is 11.1 Å². The Morgan fingerprint density at radius 1 is 1.37 bits per heavy atom. The third-order valence-corrected chi connectivity index (χ3v) is 5.09. The quantitative estimate of drug-likeness (QED) is 0.656. The number of ether oxygens (including phenoxy) is 1. The van der Waals surface area contributed by atoms with Crippen LogP contribution in [0.4, 0.5) is 0 Å². The van der Waals surface area contributed by atoms with Gasteiger partial charge in [-0.05, 0) is 43.7 Å². The van der Waals surface area contributed by atoms with Gasteiger partial charge in [-0.25, -0.2) is 4.98 Å². The number of rotatable bonds is 3. The third kappa shape index (κ3) is 2.77. The Morgan fingerprint density at radius 3 is 2.89 bits per heavy atom. The number of nitrogen functional groups attached to an aromatic ring is 1. The zero-order chi connectivity index (χ0) is 13.2. The molecule has 0 aromatic carbocycles. The van der Waals surface area contributed by atoms with Crippen molar-refractivity contribution in [3.05, 3.63) is 22.9 Å². The first-order valence-electron chi connectivity index (χ1n) is 6.85. The van der Waals surface area contributed by atoms with Crippen molar-refractivity contribution < 1.29 is 4.74 Å². The van der Waals surface area contributed by atoms with E-state index in [1.807, 2.05) is 0 Å². The van der Waals surface area contributed by atoms with Crippen LogP contribution in [0, 0.1) is 5.41 Å². The lowest BCUT2D eigenvalue weighted by Gasteiger charge is -2.22. The van der Waals surface area contributed by atoms with Gasteiger partial charge in [0.05, 0.1) is 0 Å². The number of nitrogens with one attached hydrogen (secondary N) is 1. The summed E-state index contributed by atoms with van der Waals surface area (Å²) in [5.41, 5.74) is 9.02. The molecule has 0 bridgehead atoms. The molecule has 1 aromatic rings. The smallest absolute Gasteiger partial charge is 0.125 e. The molecule has 2 heterocycles. The van der Waals surface area contributed by atoms with Crippen molar-refractivity contribution in [1.82, 2.24) is 4.98 Å². The van der Waals surface area contributed by atoms with Crippen molar-refractivity contribution in [1.29, 1.82) is 5.41 Å². The predicted octanol–water partition coefficient (Wildman–Crippen LogP) is 2.13. The van der Waals surface area contributed by atoms with Gasteiger partial charge in [-0.15, -0.1) is 11.8 Å². The van der Waals surface area contributed by atoms with E-state index in [-0.39, 0.29) is 5.84 Å². The molecule has 0 spiro atoms. The molecule has 1 aromatic heterocycles. The highest BCUT2D eigenvalue weighted by Crippen LogP contribution is 2.33. The number of pyridine rings is 1. The van der Waals surface area contributed by atoms with E-state index in [2.05, 4.69) is 6.07 Å². The number of fused-ring (bicyclic) bond motifs is 1. The first kappa shape index (κ1) is 12.9. The molecule has 0 amide bonds. The lowest BCUT2D eigenvalue weighted by Crippen LogP contribution is -2.19. The van der Waals surface area contributed by atoms with Gasteiger partial charge in [0.25, 0.3) is 0 Å². The summed E-state index contributed by atoms with van der Waals surface area (Å²) in [6.07, 6.45) is 5.42. The monoisotopic (exact) mass is 277 g/mol. The molecule has 5 heteroatoms. The zero-order valence-electron chi connectivity index (χ0n) is 10.9. The summed E-state index contributed by atoms with van der Waals surface area (Å²) in [6.45, 7) is 1.66. The summed E-state index contributed by atoms with van der Waals surface area (Å²) in [6, 6.07) is 2.08. The topological polar surface area (TPSA) is 72.0 Å². The maximum absolute atomic E-state index is 7.76. The fraction of sp³-hybridized carbons (Fsp3) is 0.571. The van der Waals surface area contributed by atoms with Gasteiger partial charge in [0.15, 0.2) is 0 Å². The summed E-state index contributed by atoms with van der Waals surface area (Å²) in [5.74, 6) is 0.136. The van der Waals surface area contributed by atoms with Crippen molar-refractivity contribution in [3.63, 3.8) is 0 Å².